The molecule has 0 amide bonds. The fraction of sp³-hybridized carbons (Fsp3) is 1.00. The molecule has 0 aliphatic carbocycles. The lowest BCUT2D eigenvalue weighted by Crippen LogP contribution is -2.59. The second kappa shape index (κ2) is 7.68. The highest BCUT2D eigenvalue weighted by atomic mass is 16.8. The van der Waals surface area contributed by atoms with E-state index >= 15 is 0 Å². The van der Waals surface area contributed by atoms with Gasteiger partial charge in [-0.1, -0.05) is 0 Å². The smallest absolute Gasteiger partial charge is 0.147 e. The Bertz CT molecular complexity index is 255. The molecule has 2 fully saturated rings. The highest BCUT2D eigenvalue weighted by Crippen LogP contribution is 2.26. The van der Waals surface area contributed by atoms with Crippen molar-refractivity contribution in [2.24, 2.45) is 0 Å². The van der Waals surface area contributed by atoms with Gasteiger partial charge < -0.3 is 28.4 Å². The van der Waals surface area contributed by atoms with Gasteiger partial charge in [-0.3, -0.25) is 0 Å². The number of rotatable bonds is 6. The third-order valence-corrected chi connectivity index (χ3v) is 3.33. The number of ether oxygens (including phenoxy) is 6. The maximum Gasteiger partial charge on any atom is 0.147 e. The average Bonchev–Trinajstić information content (AvgIpc) is 2.42. The van der Waals surface area contributed by atoms with Gasteiger partial charge in [0.25, 0.3) is 0 Å². The van der Waals surface area contributed by atoms with Crippen molar-refractivity contribution in [1.29, 1.82) is 0 Å². The summed E-state index contributed by atoms with van der Waals surface area (Å²) in [5.41, 5.74) is 0. The molecule has 0 spiro atoms. The van der Waals surface area contributed by atoms with Gasteiger partial charge in [-0.2, -0.15) is 0 Å². The summed E-state index contributed by atoms with van der Waals surface area (Å²) in [5.74, 6) is 0. The van der Waals surface area contributed by atoms with E-state index < -0.39 is 0 Å². The van der Waals surface area contributed by atoms with E-state index in [9.17, 15) is 0 Å². The van der Waals surface area contributed by atoms with E-state index in [4.69, 9.17) is 28.4 Å². The molecule has 20 heavy (non-hydrogen) atoms. The van der Waals surface area contributed by atoms with Gasteiger partial charge in [-0.15, -0.1) is 0 Å². The van der Waals surface area contributed by atoms with Gasteiger partial charge in [0.1, 0.15) is 38.0 Å². The molecular formula is C14H26O6. The molecule has 0 aromatic rings. The molecule has 2 saturated heterocycles. The zero-order chi connectivity index (χ0) is 14.5. The molecule has 0 aromatic heterocycles. The number of fused-ring (bicyclic) bond motifs is 1. The zero-order valence-corrected chi connectivity index (χ0v) is 12.7. The van der Waals surface area contributed by atoms with Crippen LogP contribution in [-0.4, -0.2) is 63.4 Å². The molecule has 2 heterocycles. The van der Waals surface area contributed by atoms with E-state index in [1.54, 1.807) is 0 Å². The highest BCUT2D eigenvalue weighted by molar-refractivity contribution is 4.89. The average molecular weight is 290 g/mol. The Kier molecular flexibility index (Phi) is 6.20. The van der Waals surface area contributed by atoms with Gasteiger partial charge in [0.15, 0.2) is 0 Å². The summed E-state index contributed by atoms with van der Waals surface area (Å²) in [4.78, 5) is 0. The Hall–Kier alpha value is -0.240. The maximum absolute atomic E-state index is 5.66. The maximum atomic E-state index is 5.66. The van der Waals surface area contributed by atoms with Gasteiger partial charge >= 0.3 is 0 Å². The molecule has 118 valence electrons. The molecule has 0 unspecified atom stereocenters. The Morgan fingerprint density at radius 3 is 1.50 bits per heavy atom. The van der Waals surface area contributed by atoms with Crippen molar-refractivity contribution in [3.05, 3.63) is 0 Å². The van der Waals surface area contributed by atoms with Gasteiger partial charge in [0, 0.05) is 0 Å². The number of hydrogen-bond donors (Lipinski definition) is 0. The van der Waals surface area contributed by atoms with Crippen molar-refractivity contribution in [3.8, 4) is 0 Å². The van der Waals surface area contributed by atoms with E-state index in [-0.39, 0.29) is 50.2 Å². The van der Waals surface area contributed by atoms with Crippen LogP contribution in [0.1, 0.15) is 27.7 Å². The highest BCUT2D eigenvalue weighted by Gasteiger charge is 2.44. The van der Waals surface area contributed by atoms with E-state index in [1.807, 2.05) is 27.7 Å². The molecule has 0 radical (unpaired) electrons. The van der Waals surface area contributed by atoms with Crippen LogP contribution in [0.5, 0.6) is 0 Å². The molecule has 0 bridgehead atoms. The van der Waals surface area contributed by atoms with Crippen LogP contribution in [0.25, 0.3) is 0 Å². The summed E-state index contributed by atoms with van der Waals surface area (Å²) >= 11 is 0. The summed E-state index contributed by atoms with van der Waals surface area (Å²) in [6.07, 6.45) is -0.253. The quantitative estimate of drug-likeness (QED) is 0.735. The number of hydrogen-bond acceptors (Lipinski definition) is 6. The molecule has 2 rings (SSSR count). The predicted octanol–water partition coefficient (Wildman–Crippen LogP) is 1.32. The van der Waals surface area contributed by atoms with Gasteiger partial charge in [-0.25, -0.2) is 0 Å². The Morgan fingerprint density at radius 1 is 0.750 bits per heavy atom. The molecule has 4 atom stereocenters. The van der Waals surface area contributed by atoms with Crippen LogP contribution in [0.3, 0.4) is 0 Å². The lowest BCUT2D eigenvalue weighted by molar-refractivity contribution is -0.332. The summed E-state index contributed by atoms with van der Waals surface area (Å²) in [5, 5.41) is 0. The lowest BCUT2D eigenvalue weighted by atomic mass is 10.0. The van der Waals surface area contributed by atoms with E-state index in [2.05, 4.69) is 0 Å². The minimum atomic E-state index is -0.169. The molecule has 6 heteroatoms. The molecule has 0 N–H and O–H groups in total. The van der Waals surface area contributed by atoms with Crippen LogP contribution in [0.4, 0.5) is 0 Å². The van der Waals surface area contributed by atoms with Crippen LogP contribution in [0, 0.1) is 0 Å². The molecule has 0 saturated carbocycles. The van der Waals surface area contributed by atoms with Crippen LogP contribution in [0.2, 0.25) is 0 Å². The van der Waals surface area contributed by atoms with E-state index in [0.717, 1.165) is 0 Å². The third kappa shape index (κ3) is 4.38. The summed E-state index contributed by atoms with van der Waals surface area (Å²) in [6.45, 7) is 9.47. The SMILES string of the molecule is CC(C)OC[C@@H]1OCO[C@H]2[C@@H]1OCO[C@@H]2COC(C)C. The standard InChI is InChI=1S/C14H26O6/c1-9(2)15-5-11-13-14(20-7-17-11)12(18-8-19-13)6-16-10(3)4/h9-14H,5-8H2,1-4H3/t11-,12+,13-,14-/m1/s1. The van der Waals surface area contributed by atoms with E-state index in [1.165, 1.54) is 0 Å². The van der Waals surface area contributed by atoms with Crippen molar-refractivity contribution < 1.29 is 28.4 Å². The normalized spacial score (nSPS) is 34.5. The minimum absolute atomic E-state index is 0.124. The Balaban J connectivity index is 1.90. The predicted molar refractivity (Wildman–Crippen MR) is 71.4 cm³/mol. The van der Waals surface area contributed by atoms with Crippen molar-refractivity contribution in [1.82, 2.24) is 0 Å². The minimum Gasteiger partial charge on any atom is -0.376 e. The summed E-state index contributed by atoms with van der Waals surface area (Å²) in [6, 6.07) is 0. The van der Waals surface area contributed by atoms with Crippen molar-refractivity contribution in [2.45, 2.75) is 64.3 Å². The molecule has 6 nitrogen and oxygen atoms in total. The van der Waals surface area contributed by atoms with Gasteiger partial charge in [0.05, 0.1) is 25.4 Å². The van der Waals surface area contributed by atoms with Crippen LogP contribution in [-0.2, 0) is 28.4 Å². The van der Waals surface area contributed by atoms with Crippen molar-refractivity contribution in [2.75, 3.05) is 26.8 Å². The Morgan fingerprint density at radius 2 is 1.15 bits per heavy atom. The largest absolute Gasteiger partial charge is 0.376 e. The van der Waals surface area contributed by atoms with Crippen molar-refractivity contribution in [3.63, 3.8) is 0 Å². The lowest BCUT2D eigenvalue weighted by Gasteiger charge is -2.44. The first-order valence-corrected chi connectivity index (χ1v) is 7.27. The first-order valence-electron chi connectivity index (χ1n) is 7.27. The third-order valence-electron chi connectivity index (χ3n) is 3.33. The first kappa shape index (κ1) is 16.1. The summed E-state index contributed by atoms with van der Waals surface area (Å²) in [7, 11) is 0. The molecule has 0 aromatic carbocycles. The van der Waals surface area contributed by atoms with Crippen molar-refractivity contribution >= 4 is 0 Å². The zero-order valence-electron chi connectivity index (χ0n) is 12.7. The second-order valence-electron chi connectivity index (χ2n) is 5.67. The van der Waals surface area contributed by atoms with Crippen LogP contribution >= 0.6 is 0 Å². The van der Waals surface area contributed by atoms with Crippen LogP contribution < -0.4 is 0 Å². The van der Waals surface area contributed by atoms with Crippen LogP contribution in [0.15, 0.2) is 0 Å². The molecule has 2 aliphatic rings. The molecule has 2 aliphatic heterocycles. The topological polar surface area (TPSA) is 55.4 Å². The second-order valence-corrected chi connectivity index (χ2v) is 5.67. The Labute approximate surface area is 120 Å². The summed E-state index contributed by atoms with van der Waals surface area (Å²) < 4.78 is 33.8. The fourth-order valence-electron chi connectivity index (χ4n) is 2.29. The van der Waals surface area contributed by atoms with Gasteiger partial charge in [-0.05, 0) is 27.7 Å². The monoisotopic (exact) mass is 290 g/mol. The van der Waals surface area contributed by atoms with Gasteiger partial charge in [0.2, 0.25) is 0 Å². The first-order chi connectivity index (χ1) is 9.58. The van der Waals surface area contributed by atoms with E-state index in [0.29, 0.717) is 13.2 Å². The fourth-order valence-corrected chi connectivity index (χ4v) is 2.29. The molecular weight excluding hydrogens is 264 g/mol.